The Morgan fingerprint density at radius 1 is 1.36 bits per heavy atom. The molecule has 0 aliphatic heterocycles. The molecule has 0 saturated carbocycles. The number of hydrogen-bond acceptors (Lipinski definition) is 1. The van der Waals surface area contributed by atoms with E-state index >= 15 is 0 Å². The summed E-state index contributed by atoms with van der Waals surface area (Å²) < 4.78 is 12.3. The van der Waals surface area contributed by atoms with E-state index in [0.29, 0.717) is 5.69 Å². The second-order valence-electron chi connectivity index (χ2n) is 2.06. The van der Waals surface area contributed by atoms with Gasteiger partial charge in [-0.2, -0.15) is 0 Å². The standard InChI is InChI=1S/C8H7FNO/c1-6(11)10-8-4-2-7(9)3-5-8/h2-5H,1H2,(H,10,11). The van der Waals surface area contributed by atoms with Gasteiger partial charge in [-0.05, 0) is 24.3 Å². The molecule has 11 heavy (non-hydrogen) atoms. The molecule has 0 spiro atoms. The molecule has 0 saturated heterocycles. The number of carbonyl (C=O) groups is 1. The van der Waals surface area contributed by atoms with Crippen LogP contribution in [0.4, 0.5) is 10.1 Å². The van der Waals surface area contributed by atoms with Crippen LogP contribution < -0.4 is 5.32 Å². The zero-order valence-corrected chi connectivity index (χ0v) is 5.80. The Morgan fingerprint density at radius 3 is 2.36 bits per heavy atom. The molecule has 1 rings (SSSR count). The molecule has 0 aliphatic rings. The lowest BCUT2D eigenvalue weighted by molar-refractivity contribution is -0.112. The second kappa shape index (κ2) is 3.14. The summed E-state index contributed by atoms with van der Waals surface area (Å²) in [7, 11) is 0. The van der Waals surface area contributed by atoms with Crippen LogP contribution >= 0.6 is 0 Å². The van der Waals surface area contributed by atoms with Crippen molar-refractivity contribution in [2.24, 2.45) is 0 Å². The molecule has 2 nitrogen and oxygen atoms in total. The number of hydrogen-bond donors (Lipinski definition) is 1. The fourth-order valence-corrected chi connectivity index (χ4v) is 0.694. The Hall–Kier alpha value is -1.38. The van der Waals surface area contributed by atoms with Crippen LogP contribution in [0.25, 0.3) is 0 Å². The topological polar surface area (TPSA) is 29.1 Å². The van der Waals surface area contributed by atoms with E-state index in [-0.39, 0.29) is 5.82 Å². The number of carbonyl (C=O) groups excluding carboxylic acids is 1. The number of nitrogens with one attached hydrogen (secondary N) is 1. The third kappa shape index (κ3) is 2.37. The Labute approximate surface area is 64.0 Å². The minimum atomic E-state index is -0.406. The van der Waals surface area contributed by atoms with Gasteiger partial charge in [-0.15, -0.1) is 0 Å². The van der Waals surface area contributed by atoms with E-state index in [9.17, 15) is 9.18 Å². The van der Waals surface area contributed by atoms with E-state index < -0.39 is 5.91 Å². The van der Waals surface area contributed by atoms with Crippen molar-refractivity contribution in [3.63, 3.8) is 0 Å². The van der Waals surface area contributed by atoms with Gasteiger partial charge in [0.25, 0.3) is 0 Å². The van der Waals surface area contributed by atoms with Gasteiger partial charge in [0.15, 0.2) is 0 Å². The number of amides is 1. The summed E-state index contributed by atoms with van der Waals surface area (Å²) in [6.45, 7) is 3.11. The van der Waals surface area contributed by atoms with Crippen molar-refractivity contribution in [2.75, 3.05) is 5.32 Å². The molecule has 1 amide bonds. The Morgan fingerprint density at radius 2 is 1.91 bits per heavy atom. The van der Waals surface area contributed by atoms with Crippen molar-refractivity contribution in [1.82, 2.24) is 0 Å². The zero-order chi connectivity index (χ0) is 8.27. The van der Waals surface area contributed by atoms with Crippen molar-refractivity contribution in [1.29, 1.82) is 0 Å². The summed E-state index contributed by atoms with van der Waals surface area (Å²) >= 11 is 0. The van der Waals surface area contributed by atoms with Gasteiger partial charge < -0.3 is 5.32 Å². The zero-order valence-electron chi connectivity index (χ0n) is 5.80. The minimum Gasteiger partial charge on any atom is -0.326 e. The van der Waals surface area contributed by atoms with Crippen LogP contribution in [0.2, 0.25) is 0 Å². The van der Waals surface area contributed by atoms with Crippen molar-refractivity contribution in [3.8, 4) is 0 Å². The van der Waals surface area contributed by atoms with Gasteiger partial charge in [0, 0.05) is 12.6 Å². The molecule has 0 unspecified atom stereocenters. The van der Waals surface area contributed by atoms with Crippen LogP contribution in [0, 0.1) is 12.7 Å². The van der Waals surface area contributed by atoms with Crippen molar-refractivity contribution < 1.29 is 9.18 Å². The molecule has 3 heteroatoms. The normalized spacial score (nSPS) is 9.27. The Bertz CT molecular complexity index is 255. The monoisotopic (exact) mass is 152 g/mol. The lowest BCUT2D eigenvalue weighted by Crippen LogP contribution is -2.05. The van der Waals surface area contributed by atoms with E-state index in [1.807, 2.05) is 0 Å². The third-order valence-corrected chi connectivity index (χ3v) is 1.13. The van der Waals surface area contributed by atoms with Gasteiger partial charge in [-0.3, -0.25) is 4.79 Å². The average Bonchev–Trinajstić information content (AvgIpc) is 1.93. The molecule has 0 bridgehead atoms. The molecule has 0 atom stereocenters. The summed E-state index contributed by atoms with van der Waals surface area (Å²) in [5.74, 6) is -0.733. The summed E-state index contributed by atoms with van der Waals surface area (Å²) in [6.07, 6.45) is 0. The highest BCUT2D eigenvalue weighted by Crippen LogP contribution is 2.07. The maximum absolute atomic E-state index is 12.3. The molecule has 57 valence electrons. The Kier molecular flexibility index (Phi) is 2.21. The minimum absolute atomic E-state index is 0.327. The number of rotatable bonds is 1. The van der Waals surface area contributed by atoms with Crippen LogP contribution in [-0.4, -0.2) is 5.91 Å². The summed E-state index contributed by atoms with van der Waals surface area (Å²) in [4.78, 5) is 10.4. The van der Waals surface area contributed by atoms with Crippen LogP contribution in [-0.2, 0) is 4.79 Å². The molecular weight excluding hydrogens is 145 g/mol. The van der Waals surface area contributed by atoms with E-state index in [0.717, 1.165) is 0 Å². The van der Waals surface area contributed by atoms with Crippen molar-refractivity contribution in [2.45, 2.75) is 0 Å². The number of halogens is 1. The summed E-state index contributed by atoms with van der Waals surface area (Å²) in [6, 6.07) is 5.48. The maximum atomic E-state index is 12.3. The molecule has 0 aromatic heterocycles. The van der Waals surface area contributed by atoms with Crippen LogP contribution in [0.3, 0.4) is 0 Å². The predicted octanol–water partition coefficient (Wildman–Crippen LogP) is 1.60. The largest absolute Gasteiger partial charge is 0.326 e. The number of anilines is 1. The molecule has 1 aromatic rings. The van der Waals surface area contributed by atoms with Gasteiger partial charge in [-0.25, -0.2) is 4.39 Å². The fourth-order valence-electron chi connectivity index (χ4n) is 0.694. The summed E-state index contributed by atoms with van der Waals surface area (Å²) in [5, 5.41) is 2.42. The van der Waals surface area contributed by atoms with Gasteiger partial charge >= 0.3 is 0 Å². The first-order valence-electron chi connectivity index (χ1n) is 3.07. The lowest BCUT2D eigenvalue weighted by atomic mass is 10.3. The first-order chi connectivity index (χ1) is 5.18. The van der Waals surface area contributed by atoms with Crippen molar-refractivity contribution >= 4 is 11.6 Å². The summed E-state index contributed by atoms with van der Waals surface area (Å²) in [5.41, 5.74) is 0.548. The predicted molar refractivity (Wildman–Crippen MR) is 40.4 cm³/mol. The smallest absolute Gasteiger partial charge is 0.224 e. The van der Waals surface area contributed by atoms with E-state index in [1.165, 1.54) is 24.3 Å². The second-order valence-corrected chi connectivity index (χ2v) is 2.06. The molecule has 1 radical (unpaired) electrons. The molecule has 0 aliphatic carbocycles. The fraction of sp³-hybridized carbons (Fsp3) is 0. The molecule has 0 fully saturated rings. The van der Waals surface area contributed by atoms with Crippen LogP contribution in [0.15, 0.2) is 24.3 Å². The van der Waals surface area contributed by atoms with Gasteiger partial charge in [0.1, 0.15) is 5.82 Å². The lowest BCUT2D eigenvalue weighted by Gasteiger charge is -1.99. The highest BCUT2D eigenvalue weighted by molar-refractivity contribution is 5.93. The Balaban J connectivity index is 2.74. The highest BCUT2D eigenvalue weighted by atomic mass is 19.1. The average molecular weight is 152 g/mol. The van der Waals surface area contributed by atoms with E-state index in [1.54, 1.807) is 0 Å². The maximum Gasteiger partial charge on any atom is 0.224 e. The van der Waals surface area contributed by atoms with Crippen LogP contribution in [0.1, 0.15) is 0 Å². The highest BCUT2D eigenvalue weighted by Gasteiger charge is 1.93. The number of benzene rings is 1. The molecule has 1 aromatic carbocycles. The third-order valence-electron chi connectivity index (χ3n) is 1.13. The molecular formula is C8H7FNO. The molecule has 1 N–H and O–H groups in total. The first kappa shape index (κ1) is 7.72. The van der Waals surface area contributed by atoms with Crippen LogP contribution in [0.5, 0.6) is 0 Å². The van der Waals surface area contributed by atoms with Gasteiger partial charge in [0.2, 0.25) is 5.91 Å². The first-order valence-corrected chi connectivity index (χ1v) is 3.07. The quantitative estimate of drug-likeness (QED) is 0.650. The SMILES string of the molecule is [CH2]C(=O)Nc1ccc(F)cc1. The van der Waals surface area contributed by atoms with Gasteiger partial charge in [0.05, 0.1) is 0 Å². The molecule has 0 heterocycles. The van der Waals surface area contributed by atoms with Gasteiger partial charge in [-0.1, -0.05) is 0 Å². The van der Waals surface area contributed by atoms with E-state index in [4.69, 9.17) is 0 Å². The van der Waals surface area contributed by atoms with E-state index in [2.05, 4.69) is 12.2 Å². The van der Waals surface area contributed by atoms with Crippen molar-refractivity contribution in [3.05, 3.63) is 37.0 Å².